The first-order chi connectivity index (χ1) is 13.0. The molecule has 0 spiro atoms. The van der Waals surface area contributed by atoms with E-state index in [1.54, 1.807) is 17.8 Å². The van der Waals surface area contributed by atoms with E-state index in [1.165, 1.54) is 7.11 Å². The van der Waals surface area contributed by atoms with E-state index in [1.807, 2.05) is 49.6 Å². The van der Waals surface area contributed by atoms with Gasteiger partial charge in [0.1, 0.15) is 0 Å². The van der Waals surface area contributed by atoms with Gasteiger partial charge in [0, 0.05) is 11.8 Å². The second kappa shape index (κ2) is 10.5. The zero-order valence-corrected chi connectivity index (χ0v) is 18.1. The van der Waals surface area contributed by atoms with E-state index in [0.29, 0.717) is 23.1 Å². The summed E-state index contributed by atoms with van der Waals surface area (Å²) in [7, 11) is 1.30. The number of halogens is 1. The molecule has 0 aliphatic carbocycles. The Bertz CT molecular complexity index is 807. The molecule has 27 heavy (non-hydrogen) atoms. The van der Waals surface area contributed by atoms with Crippen LogP contribution in [0.3, 0.4) is 0 Å². The maximum absolute atomic E-state index is 12.9. The highest BCUT2D eigenvalue weighted by Gasteiger charge is 2.26. The molecule has 0 aliphatic rings. The lowest BCUT2D eigenvalue weighted by Gasteiger charge is -2.18. The van der Waals surface area contributed by atoms with Crippen molar-refractivity contribution in [3.63, 3.8) is 0 Å². The number of benzene rings is 2. The summed E-state index contributed by atoms with van der Waals surface area (Å²) >= 11 is 5.05. The summed E-state index contributed by atoms with van der Waals surface area (Å²) in [6, 6.07) is 13.5. The van der Waals surface area contributed by atoms with Gasteiger partial charge in [-0.2, -0.15) is 11.8 Å². The molecule has 0 fully saturated rings. The summed E-state index contributed by atoms with van der Waals surface area (Å²) in [5, 5.41) is 0.680. The third-order valence-corrected chi connectivity index (χ3v) is 5.48. The number of esters is 2. The molecule has 6 heteroatoms. The molecule has 0 bridgehead atoms. The molecule has 0 saturated carbocycles. The van der Waals surface area contributed by atoms with Gasteiger partial charge in [0.25, 0.3) is 0 Å². The van der Waals surface area contributed by atoms with Crippen LogP contribution < -0.4 is 0 Å². The van der Waals surface area contributed by atoms with E-state index in [9.17, 15) is 9.59 Å². The zero-order valence-electron chi connectivity index (χ0n) is 15.7. The van der Waals surface area contributed by atoms with Crippen LogP contribution in [0.15, 0.2) is 42.5 Å². The summed E-state index contributed by atoms with van der Waals surface area (Å²) in [4.78, 5) is 24.9. The van der Waals surface area contributed by atoms with E-state index in [2.05, 4.69) is 15.9 Å². The van der Waals surface area contributed by atoms with Crippen molar-refractivity contribution < 1.29 is 19.1 Å². The Kier molecular flexibility index (Phi) is 8.38. The molecule has 0 aliphatic heterocycles. The van der Waals surface area contributed by atoms with Crippen molar-refractivity contribution in [3.8, 4) is 11.1 Å². The van der Waals surface area contributed by atoms with Crippen LogP contribution >= 0.6 is 27.7 Å². The van der Waals surface area contributed by atoms with Gasteiger partial charge in [0.05, 0.1) is 12.7 Å². The highest BCUT2D eigenvalue weighted by molar-refractivity contribution is 9.08. The summed E-state index contributed by atoms with van der Waals surface area (Å²) in [5.74, 6) is -0.363. The van der Waals surface area contributed by atoms with Gasteiger partial charge < -0.3 is 9.47 Å². The maximum Gasteiger partial charge on any atom is 0.347 e. The van der Waals surface area contributed by atoms with Gasteiger partial charge in [0.2, 0.25) is 0 Å². The molecule has 0 heterocycles. The predicted octanol–water partition coefficient (Wildman–Crippen LogP) is 5.01. The van der Waals surface area contributed by atoms with Gasteiger partial charge in [-0.25, -0.2) is 9.59 Å². The van der Waals surface area contributed by atoms with Gasteiger partial charge in [-0.15, -0.1) is 0 Å². The molecule has 0 aromatic heterocycles. The van der Waals surface area contributed by atoms with Crippen molar-refractivity contribution in [2.75, 3.05) is 19.1 Å². The van der Waals surface area contributed by atoms with Gasteiger partial charge in [0.15, 0.2) is 6.10 Å². The van der Waals surface area contributed by atoms with Crippen LogP contribution in [0.25, 0.3) is 11.1 Å². The lowest BCUT2D eigenvalue weighted by atomic mass is 9.94. The van der Waals surface area contributed by atoms with Crippen molar-refractivity contribution >= 4 is 39.6 Å². The number of aryl methyl sites for hydroxylation is 1. The number of hydrogen-bond acceptors (Lipinski definition) is 5. The average Bonchev–Trinajstić information content (AvgIpc) is 2.70. The Morgan fingerprint density at radius 3 is 2.52 bits per heavy atom. The van der Waals surface area contributed by atoms with Gasteiger partial charge in [-0.05, 0) is 53.3 Å². The Hall–Kier alpha value is -1.79. The molecular weight excluding hydrogens is 428 g/mol. The Labute approximate surface area is 172 Å². The Balaban J connectivity index is 2.40. The minimum atomic E-state index is -0.907. The third-order valence-electron chi connectivity index (χ3n) is 4.19. The van der Waals surface area contributed by atoms with Crippen molar-refractivity contribution in [1.82, 2.24) is 0 Å². The van der Waals surface area contributed by atoms with Crippen LogP contribution in [0.4, 0.5) is 0 Å². The fourth-order valence-electron chi connectivity index (χ4n) is 2.72. The second-order valence-electron chi connectivity index (χ2n) is 6.03. The fourth-order valence-corrected chi connectivity index (χ4v) is 3.52. The molecular formula is C21H23BrO4S. The van der Waals surface area contributed by atoms with Crippen LogP contribution in [-0.4, -0.2) is 37.2 Å². The predicted molar refractivity (Wildman–Crippen MR) is 113 cm³/mol. The Morgan fingerprint density at radius 2 is 1.89 bits per heavy atom. The number of carbonyl (C=O) groups excluding carboxylic acids is 2. The average molecular weight is 451 g/mol. The van der Waals surface area contributed by atoms with E-state index in [4.69, 9.17) is 9.47 Å². The first-order valence-corrected chi connectivity index (χ1v) is 11.1. The van der Waals surface area contributed by atoms with Crippen LogP contribution in [0.1, 0.15) is 27.9 Å². The quantitative estimate of drug-likeness (QED) is 0.417. The number of rotatable bonds is 8. The monoisotopic (exact) mass is 450 g/mol. The smallest absolute Gasteiger partial charge is 0.347 e. The largest absolute Gasteiger partial charge is 0.466 e. The highest BCUT2D eigenvalue weighted by atomic mass is 79.9. The number of methoxy groups -OCH3 is 1. The minimum Gasteiger partial charge on any atom is -0.466 e. The van der Waals surface area contributed by atoms with Gasteiger partial charge in [-0.3, -0.25) is 0 Å². The van der Waals surface area contributed by atoms with Crippen molar-refractivity contribution in [2.24, 2.45) is 0 Å². The normalized spacial score (nSPS) is 11.7. The first-order valence-electron chi connectivity index (χ1n) is 8.54. The summed E-state index contributed by atoms with van der Waals surface area (Å²) in [6.45, 7) is 2.00. The van der Waals surface area contributed by atoms with Crippen LogP contribution in [0, 0.1) is 6.92 Å². The molecule has 1 atom stereocenters. The molecule has 0 unspecified atom stereocenters. The fraction of sp³-hybridized carbons (Fsp3) is 0.333. The maximum atomic E-state index is 12.9. The van der Waals surface area contributed by atoms with Crippen LogP contribution in [-0.2, 0) is 19.6 Å². The van der Waals surface area contributed by atoms with E-state index in [-0.39, 0.29) is 0 Å². The molecule has 0 saturated heterocycles. The molecule has 144 valence electrons. The number of alkyl halides is 1. The van der Waals surface area contributed by atoms with Crippen LogP contribution in [0.5, 0.6) is 0 Å². The summed E-state index contributed by atoms with van der Waals surface area (Å²) < 4.78 is 10.3. The number of thioether (sulfide) groups is 1. The molecule has 2 rings (SSSR count). The van der Waals surface area contributed by atoms with Crippen molar-refractivity contribution in [3.05, 3.63) is 59.2 Å². The molecule has 2 aromatic rings. The van der Waals surface area contributed by atoms with E-state index < -0.39 is 18.0 Å². The first kappa shape index (κ1) is 21.5. The van der Waals surface area contributed by atoms with Crippen molar-refractivity contribution in [2.45, 2.75) is 24.8 Å². The van der Waals surface area contributed by atoms with E-state index >= 15 is 0 Å². The summed E-state index contributed by atoms with van der Waals surface area (Å²) in [5.41, 5.74) is 4.31. The van der Waals surface area contributed by atoms with Gasteiger partial charge in [-0.1, -0.05) is 46.3 Å². The highest BCUT2D eigenvalue weighted by Crippen LogP contribution is 2.29. The SMILES string of the molecule is COC(=O)[C@H](CCSC)OC(=O)c1ccc(CBr)cc1-c1ccccc1C. The Morgan fingerprint density at radius 1 is 1.15 bits per heavy atom. The molecule has 0 radical (unpaired) electrons. The van der Waals surface area contributed by atoms with Crippen molar-refractivity contribution in [1.29, 1.82) is 0 Å². The number of hydrogen-bond donors (Lipinski definition) is 0. The topological polar surface area (TPSA) is 52.6 Å². The van der Waals surface area contributed by atoms with Crippen LogP contribution in [0.2, 0.25) is 0 Å². The van der Waals surface area contributed by atoms with E-state index in [0.717, 1.165) is 22.3 Å². The molecule has 0 N–H and O–H groups in total. The third kappa shape index (κ3) is 5.59. The lowest BCUT2D eigenvalue weighted by Crippen LogP contribution is -2.29. The number of ether oxygens (including phenoxy) is 2. The number of carbonyl (C=O) groups is 2. The molecule has 4 nitrogen and oxygen atoms in total. The standard InChI is InChI=1S/C21H23BrO4S/c1-14-6-4-5-7-16(14)18-12-15(13-22)8-9-17(18)20(23)26-19(10-11-27-3)21(24)25-2/h4-9,12,19H,10-11,13H2,1-3H3/t19-/m0/s1. The van der Waals surface area contributed by atoms with Gasteiger partial charge >= 0.3 is 11.9 Å². The molecule has 0 amide bonds. The molecule has 2 aromatic carbocycles. The minimum absolute atomic E-state index is 0.415. The zero-order chi connectivity index (χ0) is 19.8. The summed E-state index contributed by atoms with van der Waals surface area (Å²) in [6.07, 6.45) is 1.44. The second-order valence-corrected chi connectivity index (χ2v) is 7.57. The lowest BCUT2D eigenvalue weighted by molar-refractivity contribution is -0.150.